The fourth-order valence-corrected chi connectivity index (χ4v) is 5.06. The summed E-state index contributed by atoms with van der Waals surface area (Å²) >= 11 is 0. The zero-order chi connectivity index (χ0) is 26.1. The Morgan fingerprint density at radius 1 is 0.750 bits per heavy atom. The Kier molecular flexibility index (Phi) is 9.94. The second-order valence-corrected chi connectivity index (χ2v) is 11.2. The molecule has 36 heavy (non-hydrogen) atoms. The van der Waals surface area contributed by atoms with Gasteiger partial charge in [-0.3, -0.25) is 0 Å². The molecule has 0 spiro atoms. The molecule has 0 N–H and O–H groups in total. The van der Waals surface area contributed by atoms with Crippen molar-refractivity contribution in [2.75, 3.05) is 0 Å². The number of rotatable bonds is 13. The van der Waals surface area contributed by atoms with Gasteiger partial charge in [0, 0.05) is 0 Å². The van der Waals surface area contributed by atoms with Gasteiger partial charge >= 0.3 is 0 Å². The zero-order valence-electron chi connectivity index (χ0n) is 23.4. The molecule has 0 aromatic heterocycles. The van der Waals surface area contributed by atoms with Crippen LogP contribution in [-0.4, -0.2) is 0 Å². The Morgan fingerprint density at radius 3 is 2.08 bits per heavy atom. The summed E-state index contributed by atoms with van der Waals surface area (Å²) in [6, 6.07) is 23.1. The summed E-state index contributed by atoms with van der Waals surface area (Å²) in [5, 5.41) is 0. The highest BCUT2D eigenvalue weighted by Gasteiger charge is 2.15. The molecule has 0 saturated carbocycles. The van der Waals surface area contributed by atoms with Gasteiger partial charge in [0.25, 0.3) is 0 Å². The summed E-state index contributed by atoms with van der Waals surface area (Å²) in [6.45, 7) is 19.8. The lowest BCUT2D eigenvalue weighted by Crippen LogP contribution is -2.11. The van der Waals surface area contributed by atoms with Crippen LogP contribution in [0.15, 0.2) is 79.9 Å². The molecule has 3 aromatic rings. The fourth-order valence-electron chi connectivity index (χ4n) is 5.06. The summed E-state index contributed by atoms with van der Waals surface area (Å²) in [4.78, 5) is 0. The summed E-state index contributed by atoms with van der Waals surface area (Å²) in [7, 11) is 0. The normalized spacial score (nSPS) is 11.5. The summed E-state index contributed by atoms with van der Waals surface area (Å²) < 4.78 is 0. The number of hydrogen-bond donors (Lipinski definition) is 0. The van der Waals surface area contributed by atoms with Crippen molar-refractivity contribution >= 4 is 5.57 Å². The molecule has 0 fully saturated rings. The lowest BCUT2D eigenvalue weighted by atomic mass is 9.84. The van der Waals surface area contributed by atoms with Gasteiger partial charge in [0.2, 0.25) is 0 Å². The molecule has 0 aliphatic heterocycles. The van der Waals surface area contributed by atoms with Crippen molar-refractivity contribution in [3.8, 4) is 0 Å². The third-order valence-corrected chi connectivity index (χ3v) is 7.45. The monoisotopic (exact) mass is 478 g/mol. The number of aryl methyl sites for hydroxylation is 6. The smallest absolute Gasteiger partial charge is 0.0137 e. The maximum absolute atomic E-state index is 4.58. The molecule has 0 aliphatic rings. The Balaban J connectivity index is 1.78. The van der Waals surface area contributed by atoms with E-state index in [2.05, 4.69) is 115 Å². The molecule has 3 rings (SSSR count). The number of benzene rings is 3. The van der Waals surface area contributed by atoms with E-state index >= 15 is 0 Å². The van der Waals surface area contributed by atoms with Gasteiger partial charge in [0.15, 0.2) is 0 Å². The van der Waals surface area contributed by atoms with Gasteiger partial charge in [0.1, 0.15) is 0 Å². The van der Waals surface area contributed by atoms with E-state index in [-0.39, 0.29) is 5.41 Å². The van der Waals surface area contributed by atoms with E-state index < -0.39 is 0 Å². The average molecular weight is 479 g/mol. The SMILES string of the molecule is C=CC(C)(C)Cc1ccc(CC)c(CCC(=C)c2ccc(CCC)cc2CCc2ccc(C)cc2)c1. The minimum Gasteiger partial charge on any atom is -0.103 e. The number of hydrogen-bond acceptors (Lipinski definition) is 0. The van der Waals surface area contributed by atoms with Crippen LogP contribution >= 0.6 is 0 Å². The number of allylic oxidation sites excluding steroid dienone is 2. The first-order valence-electron chi connectivity index (χ1n) is 13.8. The summed E-state index contributed by atoms with van der Waals surface area (Å²) in [5.74, 6) is 0. The Hall–Kier alpha value is -2.86. The molecule has 0 heteroatoms. The van der Waals surface area contributed by atoms with Crippen LogP contribution in [0.2, 0.25) is 0 Å². The molecule has 0 unspecified atom stereocenters. The van der Waals surface area contributed by atoms with Gasteiger partial charge in [-0.2, -0.15) is 0 Å². The molecule has 0 saturated heterocycles. The van der Waals surface area contributed by atoms with Crippen LogP contribution in [0.3, 0.4) is 0 Å². The maximum atomic E-state index is 4.58. The second kappa shape index (κ2) is 12.9. The first kappa shape index (κ1) is 27.7. The third-order valence-electron chi connectivity index (χ3n) is 7.45. The Morgan fingerprint density at radius 2 is 1.42 bits per heavy atom. The quantitative estimate of drug-likeness (QED) is 0.214. The molecule has 0 bridgehead atoms. The molecular formula is C36H46. The van der Waals surface area contributed by atoms with Gasteiger partial charge in [-0.1, -0.05) is 113 Å². The van der Waals surface area contributed by atoms with E-state index in [4.69, 9.17) is 0 Å². The Labute approximate surface area is 221 Å². The van der Waals surface area contributed by atoms with Gasteiger partial charge in [-0.25, -0.2) is 0 Å². The standard InChI is InChI=1S/C36H46/c1-8-11-30-19-23-35(34(24-30)22-17-29-15-12-27(4)13-16-29)28(5)14-20-33-25-31(18-21-32(33)9-2)26-36(6,7)10-3/h10,12-13,15-16,18-19,21,23-25H,3,5,8-9,11,14,17,20,22,26H2,1-2,4,6-7H3. The topological polar surface area (TPSA) is 0 Å². The van der Waals surface area contributed by atoms with E-state index in [0.29, 0.717) is 0 Å². The largest absolute Gasteiger partial charge is 0.103 e. The van der Waals surface area contributed by atoms with Crippen molar-refractivity contribution in [3.63, 3.8) is 0 Å². The van der Waals surface area contributed by atoms with E-state index in [1.54, 1.807) is 0 Å². The van der Waals surface area contributed by atoms with Gasteiger partial charge in [-0.05, 0) is 102 Å². The average Bonchev–Trinajstić information content (AvgIpc) is 2.87. The highest BCUT2D eigenvalue weighted by Crippen LogP contribution is 2.28. The first-order chi connectivity index (χ1) is 17.2. The lowest BCUT2D eigenvalue weighted by molar-refractivity contribution is 0.479. The molecule has 0 aliphatic carbocycles. The molecule has 0 radical (unpaired) electrons. The molecule has 0 atom stereocenters. The Bertz CT molecular complexity index is 1160. The molecule has 190 valence electrons. The summed E-state index contributed by atoms with van der Waals surface area (Å²) in [6.07, 6.45) is 10.6. The minimum atomic E-state index is 0.112. The van der Waals surface area contributed by atoms with Crippen LogP contribution in [0.1, 0.15) is 85.0 Å². The van der Waals surface area contributed by atoms with Crippen molar-refractivity contribution in [3.05, 3.63) is 124 Å². The van der Waals surface area contributed by atoms with Crippen molar-refractivity contribution < 1.29 is 0 Å². The van der Waals surface area contributed by atoms with E-state index in [9.17, 15) is 0 Å². The molecule has 3 aromatic carbocycles. The van der Waals surface area contributed by atoms with Crippen molar-refractivity contribution in [1.29, 1.82) is 0 Å². The third kappa shape index (κ3) is 7.82. The lowest BCUT2D eigenvalue weighted by Gasteiger charge is -2.21. The molecule has 0 heterocycles. The highest BCUT2D eigenvalue weighted by atomic mass is 14.2. The molecular weight excluding hydrogens is 432 g/mol. The maximum Gasteiger partial charge on any atom is -0.0137 e. The molecule has 0 nitrogen and oxygen atoms in total. The van der Waals surface area contributed by atoms with Crippen LogP contribution in [-0.2, 0) is 38.5 Å². The second-order valence-electron chi connectivity index (χ2n) is 11.2. The van der Waals surface area contributed by atoms with Gasteiger partial charge in [-0.15, -0.1) is 6.58 Å². The summed E-state index contributed by atoms with van der Waals surface area (Å²) in [5.41, 5.74) is 12.7. The van der Waals surface area contributed by atoms with Gasteiger partial charge in [0.05, 0.1) is 0 Å². The van der Waals surface area contributed by atoms with Crippen LogP contribution in [0.5, 0.6) is 0 Å². The van der Waals surface area contributed by atoms with Crippen LogP contribution in [0.4, 0.5) is 0 Å². The highest BCUT2D eigenvalue weighted by molar-refractivity contribution is 5.67. The van der Waals surface area contributed by atoms with Crippen LogP contribution < -0.4 is 0 Å². The van der Waals surface area contributed by atoms with E-state index in [0.717, 1.165) is 44.9 Å². The van der Waals surface area contributed by atoms with Crippen molar-refractivity contribution in [1.82, 2.24) is 0 Å². The van der Waals surface area contributed by atoms with Crippen LogP contribution in [0.25, 0.3) is 5.57 Å². The van der Waals surface area contributed by atoms with Crippen molar-refractivity contribution in [2.24, 2.45) is 5.41 Å². The minimum absolute atomic E-state index is 0.112. The van der Waals surface area contributed by atoms with E-state index in [1.165, 1.54) is 56.5 Å². The molecule has 0 amide bonds. The fraction of sp³-hybridized carbons (Fsp3) is 0.389. The van der Waals surface area contributed by atoms with Crippen LogP contribution in [0, 0.1) is 12.3 Å². The predicted molar refractivity (Wildman–Crippen MR) is 160 cm³/mol. The van der Waals surface area contributed by atoms with Crippen molar-refractivity contribution in [2.45, 2.75) is 86.0 Å². The first-order valence-corrected chi connectivity index (χ1v) is 13.8. The predicted octanol–water partition coefficient (Wildman–Crippen LogP) is 9.70. The van der Waals surface area contributed by atoms with E-state index in [1.807, 2.05) is 0 Å². The zero-order valence-corrected chi connectivity index (χ0v) is 23.4. The van der Waals surface area contributed by atoms with Gasteiger partial charge < -0.3 is 0 Å².